The topological polar surface area (TPSA) is 99.1 Å². The van der Waals surface area contributed by atoms with Gasteiger partial charge in [0.05, 0.1) is 11.8 Å². The molecule has 5 rings (SSSR count). The van der Waals surface area contributed by atoms with Crippen LogP contribution in [0.2, 0.25) is 0 Å². The fourth-order valence-corrected chi connectivity index (χ4v) is 4.49. The molecule has 0 radical (unpaired) electrons. The molecule has 35 heavy (non-hydrogen) atoms. The summed E-state index contributed by atoms with van der Waals surface area (Å²) in [7, 11) is 2.80. The summed E-state index contributed by atoms with van der Waals surface area (Å²) in [6.07, 6.45) is 1.49. The first-order valence-electron chi connectivity index (χ1n) is 11.5. The zero-order valence-corrected chi connectivity index (χ0v) is 19.4. The second-order valence-electron chi connectivity index (χ2n) is 9.28. The van der Waals surface area contributed by atoms with Gasteiger partial charge in [0.25, 0.3) is 5.56 Å². The van der Waals surface area contributed by atoms with Crippen LogP contribution in [-0.2, 0) is 13.2 Å². The predicted octanol–water partition coefficient (Wildman–Crippen LogP) is 3.69. The number of fused-ring (bicyclic) bond motifs is 1. The number of alkyl halides is 3. The lowest BCUT2D eigenvalue weighted by atomic mass is 10.0. The molecule has 12 heteroatoms. The van der Waals surface area contributed by atoms with Crippen molar-refractivity contribution in [1.82, 2.24) is 24.4 Å². The Bertz CT molecular complexity index is 1320. The highest BCUT2D eigenvalue weighted by Gasteiger charge is 2.33. The molecule has 1 saturated heterocycles. The van der Waals surface area contributed by atoms with E-state index in [4.69, 9.17) is 4.98 Å². The van der Waals surface area contributed by atoms with E-state index in [-0.39, 0.29) is 6.04 Å². The van der Waals surface area contributed by atoms with Gasteiger partial charge in [-0.2, -0.15) is 13.2 Å². The van der Waals surface area contributed by atoms with E-state index in [1.807, 2.05) is 0 Å². The van der Waals surface area contributed by atoms with Gasteiger partial charge in [0, 0.05) is 45.1 Å². The van der Waals surface area contributed by atoms with Crippen LogP contribution in [0.25, 0.3) is 11.2 Å². The number of halogens is 3. The lowest BCUT2D eigenvalue weighted by Crippen LogP contribution is -2.47. The molecule has 186 valence electrons. The number of carbonyl (C=O) groups is 1. The van der Waals surface area contributed by atoms with E-state index in [0.717, 1.165) is 21.5 Å². The standard InChI is InChI=1S/C23H26F3N7O2/c1-31-12-14(23(24,25)26)9-18(21(31)34)30-22(35)32(2)15-5-7-33(8-6-15)19-11-27-20-17(28-19)10-16(29-20)13-3-4-13/h9-13,15H,3-8H2,1-2H3,(H,27,29)(H,30,35). The molecule has 9 nitrogen and oxygen atoms in total. The Morgan fingerprint density at radius 3 is 2.57 bits per heavy atom. The SMILES string of the molecule is CN(C(=O)Nc1cc(C(F)(F)F)cn(C)c1=O)C1CCN(c2cnc3[nH]c(C4CC4)cc3n2)CC1. The van der Waals surface area contributed by atoms with Gasteiger partial charge in [-0.25, -0.2) is 14.8 Å². The van der Waals surface area contributed by atoms with E-state index in [9.17, 15) is 22.8 Å². The van der Waals surface area contributed by atoms with Gasteiger partial charge in [0.2, 0.25) is 0 Å². The van der Waals surface area contributed by atoms with E-state index < -0.39 is 29.0 Å². The van der Waals surface area contributed by atoms with Crippen molar-refractivity contribution >= 4 is 28.7 Å². The maximum absolute atomic E-state index is 13.1. The summed E-state index contributed by atoms with van der Waals surface area (Å²) in [6, 6.07) is 1.97. The fraction of sp³-hybridized carbons (Fsp3) is 0.478. The Morgan fingerprint density at radius 2 is 1.91 bits per heavy atom. The van der Waals surface area contributed by atoms with E-state index in [2.05, 4.69) is 26.3 Å². The van der Waals surface area contributed by atoms with E-state index in [1.54, 1.807) is 13.2 Å². The van der Waals surface area contributed by atoms with Gasteiger partial charge in [-0.3, -0.25) is 4.79 Å². The molecule has 0 bridgehead atoms. The molecular weight excluding hydrogens is 463 g/mol. The number of nitrogens with zero attached hydrogens (tertiary/aromatic N) is 5. The summed E-state index contributed by atoms with van der Waals surface area (Å²) < 4.78 is 40.2. The molecule has 4 heterocycles. The number of amides is 2. The minimum atomic E-state index is -4.63. The van der Waals surface area contributed by atoms with Crippen molar-refractivity contribution in [2.75, 3.05) is 30.4 Å². The Balaban J connectivity index is 1.22. The number of H-pyrrole nitrogens is 1. The Labute approximate surface area is 199 Å². The fourth-order valence-electron chi connectivity index (χ4n) is 4.49. The number of aryl methyl sites for hydroxylation is 1. The monoisotopic (exact) mass is 489 g/mol. The van der Waals surface area contributed by atoms with Gasteiger partial charge in [0.15, 0.2) is 5.65 Å². The molecular formula is C23H26F3N7O2. The van der Waals surface area contributed by atoms with Crippen molar-refractivity contribution in [3.05, 3.63) is 46.1 Å². The van der Waals surface area contributed by atoms with E-state index in [1.165, 1.54) is 30.5 Å². The number of piperidine rings is 1. The van der Waals surface area contributed by atoms with Crippen LogP contribution in [-0.4, -0.2) is 56.6 Å². The Kier molecular flexibility index (Phi) is 5.68. The molecule has 2 fully saturated rings. The molecule has 0 unspecified atom stereocenters. The van der Waals surface area contributed by atoms with Crippen molar-refractivity contribution in [2.45, 2.75) is 43.8 Å². The third kappa shape index (κ3) is 4.69. The van der Waals surface area contributed by atoms with Crippen molar-refractivity contribution in [3.63, 3.8) is 0 Å². The van der Waals surface area contributed by atoms with Crippen LogP contribution >= 0.6 is 0 Å². The number of urea groups is 1. The summed E-state index contributed by atoms with van der Waals surface area (Å²) in [5.74, 6) is 1.36. The summed E-state index contributed by atoms with van der Waals surface area (Å²) in [6.45, 7) is 1.29. The second kappa shape index (κ2) is 8.58. The van der Waals surface area contributed by atoms with Crippen LogP contribution in [0.5, 0.6) is 0 Å². The van der Waals surface area contributed by atoms with Crippen LogP contribution in [0, 0.1) is 0 Å². The van der Waals surface area contributed by atoms with Gasteiger partial charge < -0.3 is 24.7 Å². The molecule has 0 atom stereocenters. The third-order valence-corrected chi connectivity index (χ3v) is 6.77. The largest absolute Gasteiger partial charge is 0.417 e. The molecule has 2 amide bonds. The number of anilines is 2. The molecule has 1 aliphatic carbocycles. The molecule has 1 aliphatic heterocycles. The lowest BCUT2D eigenvalue weighted by molar-refractivity contribution is -0.138. The van der Waals surface area contributed by atoms with Crippen molar-refractivity contribution < 1.29 is 18.0 Å². The van der Waals surface area contributed by atoms with Crippen LogP contribution in [0.4, 0.5) is 29.5 Å². The first-order valence-corrected chi connectivity index (χ1v) is 11.5. The first kappa shape index (κ1) is 23.2. The maximum Gasteiger partial charge on any atom is 0.417 e. The summed E-state index contributed by atoms with van der Waals surface area (Å²) >= 11 is 0. The number of hydrogen-bond acceptors (Lipinski definition) is 5. The average Bonchev–Trinajstić information content (AvgIpc) is 3.59. The number of nitrogens with one attached hydrogen (secondary N) is 2. The number of pyridine rings is 1. The van der Waals surface area contributed by atoms with Crippen molar-refractivity contribution in [1.29, 1.82) is 0 Å². The highest BCUT2D eigenvalue weighted by Crippen LogP contribution is 2.40. The number of carbonyl (C=O) groups excluding carboxylic acids is 1. The normalized spacial score (nSPS) is 17.1. The number of aromatic amines is 1. The smallest absolute Gasteiger partial charge is 0.355 e. The van der Waals surface area contributed by atoms with Crippen LogP contribution in [0.3, 0.4) is 0 Å². The molecule has 0 spiro atoms. The Morgan fingerprint density at radius 1 is 1.20 bits per heavy atom. The zero-order chi connectivity index (χ0) is 24.9. The molecule has 3 aromatic heterocycles. The molecule has 2 N–H and O–H groups in total. The van der Waals surface area contributed by atoms with Crippen LogP contribution in [0.15, 0.2) is 29.3 Å². The van der Waals surface area contributed by atoms with Crippen molar-refractivity contribution in [2.24, 2.45) is 7.05 Å². The highest BCUT2D eigenvalue weighted by molar-refractivity contribution is 5.89. The van der Waals surface area contributed by atoms with Gasteiger partial charge in [-0.1, -0.05) is 0 Å². The summed E-state index contributed by atoms with van der Waals surface area (Å²) in [4.78, 5) is 41.1. The predicted molar refractivity (Wildman–Crippen MR) is 125 cm³/mol. The molecule has 3 aromatic rings. The number of rotatable bonds is 4. The summed E-state index contributed by atoms with van der Waals surface area (Å²) in [5, 5.41) is 2.35. The average molecular weight is 490 g/mol. The minimum absolute atomic E-state index is 0.133. The Hall–Kier alpha value is -3.57. The lowest BCUT2D eigenvalue weighted by Gasteiger charge is -2.37. The quantitative estimate of drug-likeness (QED) is 0.583. The van der Waals surface area contributed by atoms with Gasteiger partial charge >= 0.3 is 12.2 Å². The summed E-state index contributed by atoms with van der Waals surface area (Å²) in [5.41, 5.74) is 0.679. The van der Waals surface area contributed by atoms with Crippen LogP contribution in [0.1, 0.15) is 42.9 Å². The molecule has 2 aliphatic rings. The second-order valence-corrected chi connectivity index (χ2v) is 9.28. The highest BCUT2D eigenvalue weighted by atomic mass is 19.4. The van der Waals surface area contributed by atoms with E-state index in [0.29, 0.717) is 44.1 Å². The van der Waals surface area contributed by atoms with Gasteiger partial charge in [-0.15, -0.1) is 0 Å². The number of hydrogen-bond donors (Lipinski definition) is 2. The third-order valence-electron chi connectivity index (χ3n) is 6.77. The maximum atomic E-state index is 13.1. The zero-order valence-electron chi connectivity index (χ0n) is 19.4. The van der Waals surface area contributed by atoms with E-state index >= 15 is 0 Å². The van der Waals surface area contributed by atoms with Gasteiger partial charge in [0.1, 0.15) is 17.0 Å². The molecule has 1 saturated carbocycles. The van der Waals surface area contributed by atoms with Gasteiger partial charge in [-0.05, 0) is 43.7 Å². The van der Waals surface area contributed by atoms with Crippen LogP contribution < -0.4 is 15.8 Å². The minimum Gasteiger partial charge on any atom is -0.355 e. The first-order chi connectivity index (χ1) is 16.6. The number of aromatic nitrogens is 4. The van der Waals surface area contributed by atoms with Crippen molar-refractivity contribution in [3.8, 4) is 0 Å². The molecule has 0 aromatic carbocycles.